The molecule has 1 aromatic carbocycles. The molecule has 1 fully saturated rings. The molecule has 0 aliphatic heterocycles. The Morgan fingerprint density at radius 1 is 1.36 bits per heavy atom. The molecule has 3 unspecified atom stereocenters. The Kier molecular flexibility index (Phi) is 5.91. The van der Waals surface area contributed by atoms with Crippen LogP contribution in [0.1, 0.15) is 51.1 Å². The fourth-order valence-electron chi connectivity index (χ4n) is 3.34. The van der Waals surface area contributed by atoms with Crippen molar-refractivity contribution in [3.8, 4) is 0 Å². The minimum atomic E-state index is -3.50. The second-order valence-electron chi connectivity index (χ2n) is 7.39. The summed E-state index contributed by atoms with van der Waals surface area (Å²) in [6, 6.07) is 6.40. The molecule has 1 aliphatic rings. The molecule has 2 rings (SSSR count). The monoisotopic (exact) mass is 367 g/mol. The van der Waals surface area contributed by atoms with Gasteiger partial charge in [0.1, 0.15) is 0 Å². The van der Waals surface area contributed by atoms with Crippen molar-refractivity contribution >= 4 is 15.9 Å². The van der Waals surface area contributed by atoms with E-state index >= 15 is 0 Å². The molecule has 1 amide bonds. The zero-order chi connectivity index (χ0) is 18.8. The number of carbonyl (C=O) groups excluding carboxylic acids is 1. The van der Waals surface area contributed by atoms with Crippen LogP contribution in [0.25, 0.3) is 0 Å². The summed E-state index contributed by atoms with van der Waals surface area (Å²) in [7, 11) is -0.503. The standard InChI is InChI=1S/C18H29N3O3S/c1-13(20-17(22)16-10-5-6-11-18(16,2)19)14-8-7-9-15(12-14)25(23,24)21(3)4/h7-9,12-13,16H,5-6,10-11,19H2,1-4H3,(H,20,22). The Morgan fingerprint density at radius 3 is 2.64 bits per heavy atom. The summed E-state index contributed by atoms with van der Waals surface area (Å²) < 4.78 is 25.7. The maximum Gasteiger partial charge on any atom is 0.242 e. The van der Waals surface area contributed by atoms with Crippen LogP contribution < -0.4 is 11.1 Å². The van der Waals surface area contributed by atoms with E-state index in [1.54, 1.807) is 18.2 Å². The predicted molar refractivity (Wildman–Crippen MR) is 98.4 cm³/mol. The maximum atomic E-state index is 12.7. The van der Waals surface area contributed by atoms with Gasteiger partial charge in [0.15, 0.2) is 0 Å². The van der Waals surface area contributed by atoms with E-state index in [4.69, 9.17) is 5.73 Å². The van der Waals surface area contributed by atoms with Gasteiger partial charge in [-0.1, -0.05) is 25.0 Å². The zero-order valence-corrected chi connectivity index (χ0v) is 16.3. The molecule has 6 nitrogen and oxygen atoms in total. The van der Waals surface area contributed by atoms with Crippen LogP contribution in [0, 0.1) is 5.92 Å². The Hall–Kier alpha value is -1.44. The topological polar surface area (TPSA) is 92.5 Å². The Labute approximate surface area is 150 Å². The molecule has 1 saturated carbocycles. The molecular formula is C18H29N3O3S. The van der Waals surface area contributed by atoms with Crippen molar-refractivity contribution in [1.82, 2.24) is 9.62 Å². The average molecular weight is 368 g/mol. The Bertz CT molecular complexity index is 729. The molecule has 0 heterocycles. The van der Waals surface area contributed by atoms with Gasteiger partial charge in [0.05, 0.1) is 16.9 Å². The second kappa shape index (κ2) is 7.43. The van der Waals surface area contributed by atoms with Crippen LogP contribution in [0.3, 0.4) is 0 Å². The number of hydrogen-bond acceptors (Lipinski definition) is 4. The minimum Gasteiger partial charge on any atom is -0.349 e. The molecular weight excluding hydrogens is 338 g/mol. The molecule has 3 atom stereocenters. The molecule has 0 aromatic heterocycles. The second-order valence-corrected chi connectivity index (χ2v) is 9.55. The lowest BCUT2D eigenvalue weighted by molar-refractivity contribution is -0.128. The normalized spacial score (nSPS) is 25.6. The van der Waals surface area contributed by atoms with Crippen LogP contribution in [0.15, 0.2) is 29.2 Å². The number of rotatable bonds is 5. The van der Waals surface area contributed by atoms with E-state index in [-0.39, 0.29) is 22.8 Å². The first-order chi connectivity index (χ1) is 11.6. The summed E-state index contributed by atoms with van der Waals surface area (Å²) >= 11 is 0. The number of nitrogens with one attached hydrogen (secondary N) is 1. The van der Waals surface area contributed by atoms with Gasteiger partial charge < -0.3 is 11.1 Å². The van der Waals surface area contributed by atoms with Crippen molar-refractivity contribution in [3.05, 3.63) is 29.8 Å². The van der Waals surface area contributed by atoms with Gasteiger partial charge in [0.2, 0.25) is 15.9 Å². The van der Waals surface area contributed by atoms with E-state index in [0.29, 0.717) is 0 Å². The molecule has 7 heteroatoms. The third-order valence-corrected chi connectivity index (χ3v) is 6.88. The van der Waals surface area contributed by atoms with Gasteiger partial charge in [0.25, 0.3) is 0 Å². The van der Waals surface area contributed by atoms with E-state index in [0.717, 1.165) is 31.2 Å². The number of amides is 1. The molecule has 140 valence electrons. The lowest BCUT2D eigenvalue weighted by atomic mass is 9.74. The van der Waals surface area contributed by atoms with Crippen LogP contribution in [-0.2, 0) is 14.8 Å². The van der Waals surface area contributed by atoms with Crippen LogP contribution in [0.5, 0.6) is 0 Å². The molecule has 25 heavy (non-hydrogen) atoms. The fraction of sp³-hybridized carbons (Fsp3) is 0.611. The van der Waals surface area contributed by atoms with Crippen LogP contribution in [0.4, 0.5) is 0 Å². The first-order valence-corrected chi connectivity index (χ1v) is 10.1. The lowest BCUT2D eigenvalue weighted by Gasteiger charge is -2.37. The smallest absolute Gasteiger partial charge is 0.242 e. The van der Waals surface area contributed by atoms with Gasteiger partial charge in [-0.25, -0.2) is 12.7 Å². The molecule has 1 aromatic rings. The van der Waals surface area contributed by atoms with E-state index in [2.05, 4.69) is 5.32 Å². The summed E-state index contributed by atoms with van der Waals surface area (Å²) in [6.45, 7) is 3.79. The Morgan fingerprint density at radius 2 is 2.04 bits per heavy atom. The van der Waals surface area contributed by atoms with Crippen LogP contribution >= 0.6 is 0 Å². The number of carbonyl (C=O) groups is 1. The lowest BCUT2D eigenvalue weighted by Crippen LogP contribution is -2.53. The maximum absolute atomic E-state index is 12.7. The number of nitrogens with zero attached hydrogens (tertiary/aromatic N) is 1. The third kappa shape index (κ3) is 4.40. The van der Waals surface area contributed by atoms with Crippen molar-refractivity contribution in [2.75, 3.05) is 14.1 Å². The molecule has 3 N–H and O–H groups in total. The molecule has 1 aliphatic carbocycles. The van der Waals surface area contributed by atoms with E-state index in [1.807, 2.05) is 19.9 Å². The van der Waals surface area contributed by atoms with Crippen molar-refractivity contribution < 1.29 is 13.2 Å². The number of nitrogens with two attached hydrogens (primary N) is 1. The van der Waals surface area contributed by atoms with Crippen molar-refractivity contribution in [2.45, 2.75) is 56.0 Å². The highest BCUT2D eigenvalue weighted by molar-refractivity contribution is 7.89. The first kappa shape index (κ1) is 19.9. The van der Waals surface area contributed by atoms with Crippen LogP contribution in [0.2, 0.25) is 0 Å². The number of hydrogen-bond donors (Lipinski definition) is 2. The van der Waals surface area contributed by atoms with Gasteiger partial charge in [-0.05, 0) is 44.4 Å². The summed E-state index contributed by atoms with van der Waals surface area (Å²) in [5, 5.41) is 3.00. The summed E-state index contributed by atoms with van der Waals surface area (Å²) in [6.07, 6.45) is 3.70. The van der Waals surface area contributed by atoms with E-state index < -0.39 is 15.6 Å². The fourth-order valence-corrected chi connectivity index (χ4v) is 4.30. The van der Waals surface area contributed by atoms with E-state index in [1.165, 1.54) is 18.4 Å². The summed E-state index contributed by atoms with van der Waals surface area (Å²) in [5.41, 5.74) is 6.57. The van der Waals surface area contributed by atoms with Gasteiger partial charge >= 0.3 is 0 Å². The third-order valence-electron chi connectivity index (χ3n) is 5.07. The van der Waals surface area contributed by atoms with Crippen molar-refractivity contribution in [2.24, 2.45) is 11.7 Å². The largest absolute Gasteiger partial charge is 0.349 e. The van der Waals surface area contributed by atoms with Gasteiger partial charge in [-0.3, -0.25) is 4.79 Å². The Balaban J connectivity index is 2.16. The molecule has 0 spiro atoms. The number of sulfonamides is 1. The van der Waals surface area contributed by atoms with E-state index in [9.17, 15) is 13.2 Å². The minimum absolute atomic E-state index is 0.0573. The zero-order valence-electron chi connectivity index (χ0n) is 15.5. The van der Waals surface area contributed by atoms with Crippen LogP contribution in [-0.4, -0.2) is 38.3 Å². The van der Waals surface area contributed by atoms with Gasteiger partial charge in [0, 0.05) is 19.6 Å². The SMILES string of the molecule is CC(NC(=O)C1CCCCC1(C)N)c1cccc(S(=O)(=O)N(C)C)c1. The first-order valence-electron chi connectivity index (χ1n) is 8.67. The van der Waals surface area contributed by atoms with Gasteiger partial charge in [-0.2, -0.15) is 0 Å². The highest BCUT2D eigenvalue weighted by Gasteiger charge is 2.38. The molecule has 0 radical (unpaired) electrons. The highest BCUT2D eigenvalue weighted by atomic mass is 32.2. The highest BCUT2D eigenvalue weighted by Crippen LogP contribution is 2.32. The average Bonchev–Trinajstić information content (AvgIpc) is 2.54. The van der Waals surface area contributed by atoms with Crippen molar-refractivity contribution in [3.63, 3.8) is 0 Å². The number of benzene rings is 1. The van der Waals surface area contributed by atoms with Gasteiger partial charge in [-0.15, -0.1) is 0 Å². The summed E-state index contributed by atoms with van der Waals surface area (Å²) in [5.74, 6) is -0.268. The molecule has 0 bridgehead atoms. The van der Waals surface area contributed by atoms with Crippen molar-refractivity contribution in [1.29, 1.82) is 0 Å². The predicted octanol–water partition coefficient (Wildman–Crippen LogP) is 2.02. The molecule has 0 saturated heterocycles. The quantitative estimate of drug-likeness (QED) is 0.833. The summed E-state index contributed by atoms with van der Waals surface area (Å²) in [4.78, 5) is 12.9.